The van der Waals surface area contributed by atoms with Crippen molar-refractivity contribution in [3.63, 3.8) is 0 Å². The highest BCUT2D eigenvalue weighted by molar-refractivity contribution is 5.93. The Bertz CT molecular complexity index is 869. The Hall–Kier alpha value is -2.75. The van der Waals surface area contributed by atoms with Crippen molar-refractivity contribution in [2.45, 2.75) is 58.3 Å². The SMILES string of the molecule is Cc1cc(/C=C2/OC3(CCCCC3)OC2=O)cc(C)c1OCc1ccccc1. The van der Waals surface area contributed by atoms with Gasteiger partial charge in [-0.3, -0.25) is 0 Å². The smallest absolute Gasteiger partial charge is 0.377 e. The average Bonchev–Trinajstić information content (AvgIpc) is 2.97. The number of benzene rings is 2. The second-order valence-electron chi connectivity index (χ2n) is 7.73. The molecular weight excluding hydrogens is 352 g/mol. The van der Waals surface area contributed by atoms with Crippen LogP contribution < -0.4 is 4.74 Å². The topological polar surface area (TPSA) is 44.8 Å². The van der Waals surface area contributed by atoms with Crippen LogP contribution in [0.1, 0.15) is 54.4 Å². The lowest BCUT2D eigenvalue weighted by Gasteiger charge is -2.29. The lowest BCUT2D eigenvalue weighted by atomic mass is 9.94. The van der Waals surface area contributed by atoms with Gasteiger partial charge in [-0.2, -0.15) is 0 Å². The second-order valence-corrected chi connectivity index (χ2v) is 7.73. The Balaban J connectivity index is 1.51. The first-order chi connectivity index (χ1) is 13.5. The van der Waals surface area contributed by atoms with E-state index in [9.17, 15) is 4.79 Å². The molecule has 0 bridgehead atoms. The van der Waals surface area contributed by atoms with Gasteiger partial charge in [-0.15, -0.1) is 0 Å². The minimum absolute atomic E-state index is 0.304. The fourth-order valence-corrected chi connectivity index (χ4v) is 4.04. The Kier molecular flexibility index (Phi) is 5.12. The van der Waals surface area contributed by atoms with E-state index in [0.717, 1.165) is 53.7 Å². The molecule has 0 aromatic heterocycles. The summed E-state index contributed by atoms with van der Waals surface area (Å²) in [6, 6.07) is 14.1. The molecule has 0 amide bonds. The van der Waals surface area contributed by atoms with Gasteiger partial charge < -0.3 is 14.2 Å². The van der Waals surface area contributed by atoms with Crippen LogP contribution in [0.4, 0.5) is 0 Å². The summed E-state index contributed by atoms with van der Waals surface area (Å²) in [6.45, 7) is 4.57. The molecule has 0 radical (unpaired) electrons. The monoisotopic (exact) mass is 378 g/mol. The van der Waals surface area contributed by atoms with Crippen molar-refractivity contribution in [3.05, 3.63) is 70.5 Å². The molecule has 1 aliphatic carbocycles. The van der Waals surface area contributed by atoms with Gasteiger partial charge >= 0.3 is 5.97 Å². The highest BCUT2D eigenvalue weighted by Crippen LogP contribution is 2.40. The maximum Gasteiger partial charge on any atom is 0.377 e. The molecule has 4 rings (SSSR count). The van der Waals surface area contributed by atoms with E-state index in [1.54, 1.807) is 6.08 Å². The van der Waals surface area contributed by atoms with Crippen molar-refractivity contribution in [1.29, 1.82) is 0 Å². The first-order valence-electron chi connectivity index (χ1n) is 9.97. The molecule has 1 saturated carbocycles. The number of aryl methyl sites for hydroxylation is 2. The molecular formula is C24H26O4. The molecule has 2 aromatic carbocycles. The Morgan fingerprint density at radius 1 is 1.00 bits per heavy atom. The van der Waals surface area contributed by atoms with Crippen LogP contribution in [0.2, 0.25) is 0 Å². The van der Waals surface area contributed by atoms with Crippen LogP contribution in [0, 0.1) is 13.8 Å². The van der Waals surface area contributed by atoms with Crippen molar-refractivity contribution in [3.8, 4) is 5.75 Å². The van der Waals surface area contributed by atoms with E-state index in [2.05, 4.69) is 0 Å². The van der Waals surface area contributed by atoms with E-state index in [1.165, 1.54) is 6.42 Å². The first kappa shape index (κ1) is 18.6. The van der Waals surface area contributed by atoms with Crippen molar-refractivity contribution in [1.82, 2.24) is 0 Å². The number of hydrogen-bond donors (Lipinski definition) is 0. The fourth-order valence-electron chi connectivity index (χ4n) is 4.04. The highest BCUT2D eigenvalue weighted by atomic mass is 16.8. The summed E-state index contributed by atoms with van der Waals surface area (Å²) < 4.78 is 17.6. The minimum Gasteiger partial charge on any atom is -0.488 e. The standard InChI is InChI=1S/C24H26O4/c1-17-13-20(14-18(2)22(17)26-16-19-9-5-3-6-10-19)15-21-23(25)28-24(27-21)11-7-4-8-12-24/h3,5-6,9-10,13-15H,4,7-8,11-12,16H2,1-2H3/b21-15+. The van der Waals surface area contributed by atoms with Gasteiger partial charge in [-0.05, 0) is 67.2 Å². The third-order valence-corrected chi connectivity index (χ3v) is 5.40. The fraction of sp³-hybridized carbons (Fsp3) is 0.375. The molecule has 1 spiro atoms. The largest absolute Gasteiger partial charge is 0.488 e. The molecule has 2 aliphatic rings. The summed E-state index contributed by atoms with van der Waals surface area (Å²) in [4.78, 5) is 12.3. The predicted octanol–water partition coefficient (Wildman–Crippen LogP) is 5.46. The summed E-state index contributed by atoms with van der Waals surface area (Å²) >= 11 is 0. The number of rotatable bonds is 4. The molecule has 2 aromatic rings. The van der Waals surface area contributed by atoms with E-state index >= 15 is 0 Å². The van der Waals surface area contributed by atoms with Crippen LogP contribution in [0.15, 0.2) is 48.2 Å². The molecule has 2 fully saturated rings. The van der Waals surface area contributed by atoms with Crippen molar-refractivity contribution < 1.29 is 19.0 Å². The van der Waals surface area contributed by atoms with E-state index in [4.69, 9.17) is 14.2 Å². The van der Waals surface area contributed by atoms with Crippen LogP contribution in [-0.2, 0) is 20.9 Å². The molecule has 146 valence electrons. The summed E-state index contributed by atoms with van der Waals surface area (Å²) in [7, 11) is 0. The normalized spacial score (nSPS) is 19.5. The molecule has 4 heteroatoms. The van der Waals surface area contributed by atoms with E-state index in [0.29, 0.717) is 12.4 Å². The summed E-state index contributed by atoms with van der Waals surface area (Å²) in [5.41, 5.74) is 4.11. The first-order valence-corrected chi connectivity index (χ1v) is 9.97. The number of esters is 1. The van der Waals surface area contributed by atoms with Gasteiger partial charge in [0.15, 0.2) is 0 Å². The molecule has 1 aliphatic heterocycles. The van der Waals surface area contributed by atoms with Gasteiger partial charge in [-0.25, -0.2) is 4.79 Å². The maximum absolute atomic E-state index is 12.3. The summed E-state index contributed by atoms with van der Waals surface area (Å²) in [5, 5.41) is 0. The second kappa shape index (κ2) is 7.70. The van der Waals surface area contributed by atoms with E-state index in [-0.39, 0.29) is 5.97 Å². The number of ether oxygens (including phenoxy) is 3. The maximum atomic E-state index is 12.3. The molecule has 1 heterocycles. The highest BCUT2D eigenvalue weighted by Gasteiger charge is 2.46. The Morgan fingerprint density at radius 2 is 1.68 bits per heavy atom. The zero-order valence-electron chi connectivity index (χ0n) is 16.5. The Morgan fingerprint density at radius 3 is 2.36 bits per heavy atom. The van der Waals surface area contributed by atoms with Gasteiger partial charge in [0.1, 0.15) is 12.4 Å². The number of carbonyl (C=O) groups is 1. The van der Waals surface area contributed by atoms with Gasteiger partial charge in [0, 0.05) is 12.8 Å². The number of hydrogen-bond acceptors (Lipinski definition) is 4. The van der Waals surface area contributed by atoms with E-state index in [1.807, 2.05) is 56.3 Å². The van der Waals surface area contributed by atoms with Crippen LogP contribution in [-0.4, -0.2) is 11.8 Å². The van der Waals surface area contributed by atoms with Gasteiger partial charge in [-0.1, -0.05) is 36.8 Å². The number of carbonyl (C=O) groups excluding carboxylic acids is 1. The third-order valence-electron chi connectivity index (χ3n) is 5.40. The predicted molar refractivity (Wildman–Crippen MR) is 108 cm³/mol. The lowest BCUT2D eigenvalue weighted by molar-refractivity contribution is -0.182. The minimum atomic E-state index is -0.732. The van der Waals surface area contributed by atoms with Crippen molar-refractivity contribution in [2.24, 2.45) is 0 Å². The Labute approximate surface area is 166 Å². The molecule has 28 heavy (non-hydrogen) atoms. The van der Waals surface area contributed by atoms with Crippen LogP contribution >= 0.6 is 0 Å². The summed E-state index contributed by atoms with van der Waals surface area (Å²) in [6.07, 6.45) is 6.58. The van der Waals surface area contributed by atoms with E-state index < -0.39 is 5.79 Å². The lowest BCUT2D eigenvalue weighted by Crippen LogP contribution is -2.32. The van der Waals surface area contributed by atoms with Crippen molar-refractivity contribution >= 4 is 12.0 Å². The van der Waals surface area contributed by atoms with Crippen LogP contribution in [0.3, 0.4) is 0 Å². The quantitative estimate of drug-likeness (QED) is 0.524. The van der Waals surface area contributed by atoms with Crippen LogP contribution in [0.5, 0.6) is 5.75 Å². The summed E-state index contributed by atoms with van der Waals surface area (Å²) in [5.74, 6) is 0.0919. The molecule has 1 saturated heterocycles. The van der Waals surface area contributed by atoms with Gasteiger partial charge in [0.05, 0.1) is 0 Å². The van der Waals surface area contributed by atoms with Gasteiger partial charge in [0.2, 0.25) is 5.76 Å². The zero-order chi connectivity index (χ0) is 19.6. The van der Waals surface area contributed by atoms with Crippen molar-refractivity contribution in [2.75, 3.05) is 0 Å². The average molecular weight is 378 g/mol. The third kappa shape index (κ3) is 3.91. The molecule has 0 unspecified atom stereocenters. The van der Waals surface area contributed by atoms with Gasteiger partial charge in [0.25, 0.3) is 5.79 Å². The zero-order valence-corrected chi connectivity index (χ0v) is 16.5. The van der Waals surface area contributed by atoms with Crippen LogP contribution in [0.25, 0.3) is 6.08 Å². The molecule has 4 nitrogen and oxygen atoms in total. The molecule has 0 atom stereocenters. The molecule has 0 N–H and O–H groups in total.